The minimum atomic E-state index is -0.321. The van der Waals surface area contributed by atoms with Gasteiger partial charge in [-0.2, -0.15) is 0 Å². The summed E-state index contributed by atoms with van der Waals surface area (Å²) in [6.45, 7) is 1.06. The summed E-state index contributed by atoms with van der Waals surface area (Å²) in [5.74, 6) is 0.416. The molecule has 19 heavy (non-hydrogen) atoms. The highest BCUT2D eigenvalue weighted by molar-refractivity contribution is 5.81. The lowest BCUT2D eigenvalue weighted by Gasteiger charge is -2.41. The van der Waals surface area contributed by atoms with Crippen LogP contribution >= 0.6 is 0 Å². The van der Waals surface area contributed by atoms with Gasteiger partial charge in [0.25, 0.3) is 0 Å². The van der Waals surface area contributed by atoms with E-state index >= 15 is 0 Å². The van der Waals surface area contributed by atoms with Crippen LogP contribution in [-0.2, 0) is 9.53 Å². The first-order chi connectivity index (χ1) is 9.31. The molecule has 0 radical (unpaired) electrons. The number of carbonyl (C=O) groups excluding carboxylic acids is 1. The highest BCUT2D eigenvalue weighted by atomic mass is 16.5. The number of aliphatic hydroxyl groups is 1. The summed E-state index contributed by atoms with van der Waals surface area (Å²) in [4.78, 5) is 14.3. The van der Waals surface area contributed by atoms with Crippen LogP contribution in [0.15, 0.2) is 30.3 Å². The molecule has 1 aliphatic carbocycles. The Labute approximate surface area is 113 Å². The van der Waals surface area contributed by atoms with Crippen molar-refractivity contribution in [2.75, 3.05) is 19.8 Å². The van der Waals surface area contributed by atoms with Crippen molar-refractivity contribution in [2.24, 2.45) is 5.92 Å². The molecule has 2 atom stereocenters. The summed E-state index contributed by atoms with van der Waals surface area (Å²) < 4.78 is 5.63. The minimum absolute atomic E-state index is 0.0615. The molecule has 1 N–H and O–H groups in total. The molecular weight excluding hydrogens is 242 g/mol. The lowest BCUT2D eigenvalue weighted by molar-refractivity contribution is -0.151. The molecule has 2 aliphatic rings. The monoisotopic (exact) mass is 261 g/mol. The molecule has 0 unspecified atom stereocenters. The largest absolute Gasteiger partial charge is 0.394 e. The fraction of sp³-hybridized carbons (Fsp3) is 0.533. The van der Waals surface area contributed by atoms with Crippen LogP contribution in [0.3, 0.4) is 0 Å². The Morgan fingerprint density at radius 2 is 2.05 bits per heavy atom. The molecule has 1 aromatic carbocycles. The second kappa shape index (κ2) is 5.31. The first-order valence-electron chi connectivity index (χ1n) is 6.89. The number of ether oxygens (including phenoxy) is 1. The van der Waals surface area contributed by atoms with Crippen LogP contribution in [0.25, 0.3) is 0 Å². The molecule has 1 aromatic rings. The van der Waals surface area contributed by atoms with E-state index in [1.807, 2.05) is 35.2 Å². The lowest BCUT2D eigenvalue weighted by Crippen LogP contribution is -2.50. The number of amides is 1. The zero-order valence-electron chi connectivity index (χ0n) is 10.9. The van der Waals surface area contributed by atoms with Crippen molar-refractivity contribution in [3.05, 3.63) is 35.9 Å². The summed E-state index contributed by atoms with van der Waals surface area (Å²) in [7, 11) is 0. The van der Waals surface area contributed by atoms with Crippen molar-refractivity contribution in [1.82, 2.24) is 4.90 Å². The smallest absolute Gasteiger partial charge is 0.226 e. The second-order valence-corrected chi connectivity index (χ2v) is 5.25. The molecule has 1 saturated carbocycles. The van der Waals surface area contributed by atoms with Gasteiger partial charge in [0.15, 0.2) is 0 Å². The molecule has 0 bridgehead atoms. The third-order valence-electron chi connectivity index (χ3n) is 3.88. The zero-order valence-corrected chi connectivity index (χ0v) is 10.9. The van der Waals surface area contributed by atoms with Crippen molar-refractivity contribution in [3.8, 4) is 0 Å². The standard InChI is InChI=1S/C15H19NO3/c17-10-13-14(11-4-2-1-3-5-11)16(8-9-19-13)15(18)12-6-7-12/h1-5,12-14,17H,6-10H2/t13-,14-/m1/s1. The van der Waals surface area contributed by atoms with Gasteiger partial charge in [-0.3, -0.25) is 4.79 Å². The summed E-state index contributed by atoms with van der Waals surface area (Å²) in [6.07, 6.45) is 1.68. The van der Waals surface area contributed by atoms with E-state index < -0.39 is 0 Å². The van der Waals surface area contributed by atoms with E-state index in [0.29, 0.717) is 13.2 Å². The first kappa shape index (κ1) is 12.6. The fourth-order valence-corrected chi connectivity index (χ4v) is 2.74. The van der Waals surface area contributed by atoms with Crippen LogP contribution in [0.2, 0.25) is 0 Å². The van der Waals surface area contributed by atoms with Crippen LogP contribution in [0.1, 0.15) is 24.4 Å². The van der Waals surface area contributed by atoms with Gasteiger partial charge in [0.1, 0.15) is 6.10 Å². The molecule has 0 aromatic heterocycles. The maximum atomic E-state index is 12.4. The molecule has 3 rings (SSSR count). The average Bonchev–Trinajstić information content (AvgIpc) is 3.31. The number of carbonyl (C=O) groups is 1. The van der Waals surface area contributed by atoms with Crippen molar-refractivity contribution in [3.63, 3.8) is 0 Å². The van der Waals surface area contributed by atoms with E-state index in [9.17, 15) is 9.90 Å². The molecule has 102 valence electrons. The maximum Gasteiger partial charge on any atom is 0.226 e. The van der Waals surface area contributed by atoms with Crippen LogP contribution < -0.4 is 0 Å². The quantitative estimate of drug-likeness (QED) is 0.893. The van der Waals surface area contributed by atoms with Gasteiger partial charge in [0.2, 0.25) is 5.91 Å². The van der Waals surface area contributed by atoms with Crippen LogP contribution in [0.4, 0.5) is 0 Å². The molecule has 2 fully saturated rings. The van der Waals surface area contributed by atoms with Crippen LogP contribution in [0.5, 0.6) is 0 Å². The van der Waals surface area contributed by atoms with Gasteiger partial charge in [-0.1, -0.05) is 30.3 Å². The number of benzene rings is 1. The number of nitrogens with zero attached hydrogens (tertiary/aromatic N) is 1. The van der Waals surface area contributed by atoms with E-state index in [-0.39, 0.29) is 30.6 Å². The Hall–Kier alpha value is -1.39. The van der Waals surface area contributed by atoms with E-state index in [1.165, 1.54) is 0 Å². The zero-order chi connectivity index (χ0) is 13.2. The van der Waals surface area contributed by atoms with Crippen LogP contribution in [-0.4, -0.2) is 41.8 Å². The Bertz CT molecular complexity index is 444. The van der Waals surface area contributed by atoms with Gasteiger partial charge in [0.05, 0.1) is 19.3 Å². The summed E-state index contributed by atoms with van der Waals surface area (Å²) in [5.41, 5.74) is 1.04. The van der Waals surface area contributed by atoms with Crippen molar-refractivity contribution in [1.29, 1.82) is 0 Å². The molecule has 1 amide bonds. The Morgan fingerprint density at radius 3 is 2.68 bits per heavy atom. The number of aliphatic hydroxyl groups excluding tert-OH is 1. The molecule has 1 saturated heterocycles. The number of rotatable bonds is 3. The number of morpholine rings is 1. The third kappa shape index (κ3) is 2.51. The average molecular weight is 261 g/mol. The molecular formula is C15H19NO3. The van der Waals surface area contributed by atoms with Crippen LogP contribution in [0, 0.1) is 5.92 Å². The number of hydrogen-bond acceptors (Lipinski definition) is 3. The molecule has 4 heteroatoms. The lowest BCUT2D eigenvalue weighted by atomic mass is 9.98. The van der Waals surface area contributed by atoms with Gasteiger partial charge >= 0.3 is 0 Å². The van der Waals surface area contributed by atoms with Gasteiger partial charge in [-0.25, -0.2) is 0 Å². The molecule has 1 aliphatic heterocycles. The van der Waals surface area contributed by atoms with Gasteiger partial charge in [-0.15, -0.1) is 0 Å². The predicted octanol–water partition coefficient (Wildman–Crippen LogP) is 1.36. The minimum Gasteiger partial charge on any atom is -0.394 e. The van der Waals surface area contributed by atoms with Gasteiger partial charge in [0, 0.05) is 12.5 Å². The SMILES string of the molecule is O=C(C1CC1)N1CCO[C@H](CO)[C@H]1c1ccccc1. The Morgan fingerprint density at radius 1 is 1.32 bits per heavy atom. The van der Waals surface area contributed by atoms with E-state index in [0.717, 1.165) is 18.4 Å². The van der Waals surface area contributed by atoms with Crippen molar-refractivity contribution in [2.45, 2.75) is 25.0 Å². The molecule has 1 heterocycles. The van der Waals surface area contributed by atoms with E-state index in [2.05, 4.69) is 0 Å². The second-order valence-electron chi connectivity index (χ2n) is 5.25. The van der Waals surface area contributed by atoms with E-state index in [1.54, 1.807) is 0 Å². The first-order valence-corrected chi connectivity index (χ1v) is 6.89. The normalized spacial score (nSPS) is 27.3. The summed E-state index contributed by atoms with van der Waals surface area (Å²) >= 11 is 0. The van der Waals surface area contributed by atoms with Gasteiger partial charge in [-0.05, 0) is 18.4 Å². The Balaban J connectivity index is 1.89. The Kier molecular flexibility index (Phi) is 3.53. The van der Waals surface area contributed by atoms with E-state index in [4.69, 9.17) is 4.74 Å². The summed E-state index contributed by atoms with van der Waals surface area (Å²) in [5, 5.41) is 9.51. The fourth-order valence-electron chi connectivity index (χ4n) is 2.74. The topological polar surface area (TPSA) is 49.8 Å². The third-order valence-corrected chi connectivity index (χ3v) is 3.88. The van der Waals surface area contributed by atoms with Crippen molar-refractivity contribution >= 4 is 5.91 Å². The maximum absolute atomic E-state index is 12.4. The molecule has 0 spiro atoms. The summed E-state index contributed by atoms with van der Waals surface area (Å²) in [6, 6.07) is 9.70. The molecule has 4 nitrogen and oxygen atoms in total. The number of hydrogen-bond donors (Lipinski definition) is 1. The van der Waals surface area contributed by atoms with Crippen molar-refractivity contribution < 1.29 is 14.6 Å². The highest BCUT2D eigenvalue weighted by Crippen LogP contribution is 2.37. The van der Waals surface area contributed by atoms with Gasteiger partial charge < -0.3 is 14.7 Å². The highest BCUT2D eigenvalue weighted by Gasteiger charge is 2.41. The predicted molar refractivity (Wildman–Crippen MR) is 70.4 cm³/mol.